The van der Waals surface area contributed by atoms with Crippen molar-refractivity contribution in [3.8, 4) is 0 Å². The maximum absolute atomic E-state index is 12.9. The first-order valence-electron chi connectivity index (χ1n) is 7.74. The zero-order chi connectivity index (χ0) is 17.3. The maximum atomic E-state index is 12.9. The number of halogens is 1. The van der Waals surface area contributed by atoms with Crippen molar-refractivity contribution in [1.29, 1.82) is 0 Å². The summed E-state index contributed by atoms with van der Waals surface area (Å²) >= 11 is 6.10. The van der Waals surface area contributed by atoms with E-state index in [0.717, 1.165) is 11.1 Å². The molecule has 6 nitrogen and oxygen atoms in total. The average molecular weight is 348 g/mol. The van der Waals surface area contributed by atoms with Crippen LogP contribution in [0.4, 0.5) is 0 Å². The van der Waals surface area contributed by atoms with Gasteiger partial charge >= 0.3 is 5.97 Å². The molecule has 1 atom stereocenters. The van der Waals surface area contributed by atoms with Crippen LogP contribution in [0.2, 0.25) is 5.02 Å². The Morgan fingerprint density at radius 3 is 2.67 bits per heavy atom. The van der Waals surface area contributed by atoms with E-state index in [1.165, 1.54) is 9.58 Å². The van der Waals surface area contributed by atoms with Crippen LogP contribution in [-0.2, 0) is 29.5 Å². The second-order valence-electron chi connectivity index (χ2n) is 5.67. The van der Waals surface area contributed by atoms with Crippen LogP contribution in [0.15, 0.2) is 30.5 Å². The highest BCUT2D eigenvalue weighted by atomic mass is 35.5. The second-order valence-corrected chi connectivity index (χ2v) is 6.08. The summed E-state index contributed by atoms with van der Waals surface area (Å²) in [6.07, 6.45) is 1.98. The molecular weight excluding hydrogens is 330 g/mol. The molecular formula is C17H18ClN3O3. The minimum absolute atomic E-state index is 0.146. The van der Waals surface area contributed by atoms with Crippen molar-refractivity contribution in [3.05, 3.63) is 52.3 Å². The first-order valence-corrected chi connectivity index (χ1v) is 8.12. The van der Waals surface area contributed by atoms with Gasteiger partial charge in [-0.1, -0.05) is 35.9 Å². The summed E-state index contributed by atoms with van der Waals surface area (Å²) in [5.74, 6) is -0.777. The van der Waals surface area contributed by atoms with Gasteiger partial charge in [0.15, 0.2) is 5.69 Å². The lowest BCUT2D eigenvalue weighted by molar-refractivity contribution is -0.149. The third-order valence-corrected chi connectivity index (χ3v) is 4.33. The Balaban J connectivity index is 1.97. The molecule has 0 spiro atoms. The molecule has 0 saturated carbocycles. The van der Waals surface area contributed by atoms with Crippen LogP contribution in [0.3, 0.4) is 0 Å². The lowest BCUT2D eigenvalue weighted by atomic mass is 9.93. The van der Waals surface area contributed by atoms with Crippen LogP contribution in [0.5, 0.6) is 0 Å². The highest BCUT2D eigenvalue weighted by Crippen LogP contribution is 2.27. The first kappa shape index (κ1) is 16.5. The van der Waals surface area contributed by atoms with E-state index in [2.05, 4.69) is 5.10 Å². The fourth-order valence-corrected chi connectivity index (χ4v) is 3.19. The van der Waals surface area contributed by atoms with Crippen molar-refractivity contribution < 1.29 is 14.3 Å². The number of aryl methyl sites for hydroxylation is 1. The third kappa shape index (κ3) is 3.01. The molecule has 1 aliphatic heterocycles. The number of benzene rings is 1. The van der Waals surface area contributed by atoms with Gasteiger partial charge in [-0.05, 0) is 18.1 Å². The molecule has 1 amide bonds. The number of hydrogen-bond acceptors (Lipinski definition) is 4. The van der Waals surface area contributed by atoms with Crippen molar-refractivity contribution in [1.82, 2.24) is 14.7 Å². The van der Waals surface area contributed by atoms with E-state index in [9.17, 15) is 9.59 Å². The van der Waals surface area contributed by atoms with Gasteiger partial charge in [0.1, 0.15) is 6.04 Å². The number of carbonyl (C=O) groups excluding carboxylic acids is 2. The van der Waals surface area contributed by atoms with Crippen LogP contribution >= 0.6 is 11.6 Å². The Bertz CT molecular complexity index is 787. The van der Waals surface area contributed by atoms with Crippen LogP contribution in [0, 0.1) is 0 Å². The van der Waals surface area contributed by atoms with Gasteiger partial charge in [-0.2, -0.15) is 5.10 Å². The van der Waals surface area contributed by atoms with Gasteiger partial charge in [0, 0.05) is 26.2 Å². The van der Waals surface area contributed by atoms with E-state index in [1.54, 1.807) is 20.2 Å². The lowest BCUT2D eigenvalue weighted by Gasteiger charge is -2.35. The van der Waals surface area contributed by atoms with E-state index < -0.39 is 12.0 Å². The lowest BCUT2D eigenvalue weighted by Crippen LogP contribution is -2.49. The van der Waals surface area contributed by atoms with Crippen molar-refractivity contribution in [2.24, 2.45) is 7.05 Å². The molecule has 1 aromatic carbocycles. The van der Waals surface area contributed by atoms with E-state index in [0.29, 0.717) is 13.0 Å². The van der Waals surface area contributed by atoms with E-state index in [4.69, 9.17) is 16.3 Å². The number of fused-ring (bicyclic) bond motifs is 1. The minimum atomic E-state index is -0.676. The summed E-state index contributed by atoms with van der Waals surface area (Å²) < 4.78 is 6.64. The summed E-state index contributed by atoms with van der Waals surface area (Å²) in [5, 5.41) is 4.39. The highest BCUT2D eigenvalue weighted by molar-refractivity contribution is 6.33. The molecule has 0 radical (unpaired) electrons. The molecule has 3 rings (SSSR count). The van der Waals surface area contributed by atoms with Gasteiger partial charge in [-0.3, -0.25) is 9.48 Å². The fourth-order valence-electron chi connectivity index (χ4n) is 2.93. The SMILES string of the molecule is CCOC(=O)C1Cc2ccccc2CN1C(=O)c1nn(C)cc1Cl. The number of rotatable bonds is 3. The Labute approximate surface area is 145 Å². The van der Waals surface area contributed by atoms with Gasteiger partial charge in [0.25, 0.3) is 5.91 Å². The molecule has 0 aliphatic carbocycles. The molecule has 1 aromatic heterocycles. The Hall–Kier alpha value is -2.34. The monoisotopic (exact) mass is 347 g/mol. The summed E-state index contributed by atoms with van der Waals surface area (Å²) in [6.45, 7) is 2.34. The average Bonchev–Trinajstić information content (AvgIpc) is 2.91. The van der Waals surface area contributed by atoms with Gasteiger partial charge in [0.05, 0.1) is 11.6 Å². The van der Waals surface area contributed by atoms with Gasteiger partial charge in [0.2, 0.25) is 0 Å². The van der Waals surface area contributed by atoms with Gasteiger partial charge < -0.3 is 9.64 Å². The highest BCUT2D eigenvalue weighted by Gasteiger charge is 2.37. The fraction of sp³-hybridized carbons (Fsp3) is 0.353. The minimum Gasteiger partial charge on any atom is -0.464 e. The number of amides is 1. The van der Waals surface area contributed by atoms with Crippen LogP contribution in [-0.4, -0.2) is 39.2 Å². The number of nitrogens with zero attached hydrogens (tertiary/aromatic N) is 3. The van der Waals surface area contributed by atoms with Crippen LogP contribution in [0.25, 0.3) is 0 Å². The van der Waals surface area contributed by atoms with E-state index in [-0.39, 0.29) is 23.2 Å². The van der Waals surface area contributed by atoms with Crippen molar-refractivity contribution >= 4 is 23.5 Å². The topological polar surface area (TPSA) is 64.4 Å². The molecule has 24 heavy (non-hydrogen) atoms. The Morgan fingerprint density at radius 2 is 2.04 bits per heavy atom. The van der Waals surface area contributed by atoms with E-state index >= 15 is 0 Å². The zero-order valence-corrected chi connectivity index (χ0v) is 14.3. The molecule has 0 N–H and O–H groups in total. The van der Waals surface area contributed by atoms with Crippen molar-refractivity contribution in [2.45, 2.75) is 25.9 Å². The largest absolute Gasteiger partial charge is 0.464 e. The Morgan fingerprint density at radius 1 is 1.33 bits per heavy atom. The standard InChI is InChI=1S/C17H18ClN3O3/c1-3-24-17(23)14-8-11-6-4-5-7-12(11)9-21(14)16(22)15-13(18)10-20(2)19-15/h4-7,10,14H,3,8-9H2,1-2H3. The molecule has 7 heteroatoms. The molecule has 0 bridgehead atoms. The second kappa shape index (κ2) is 6.65. The summed E-state index contributed by atoms with van der Waals surface area (Å²) in [4.78, 5) is 26.8. The van der Waals surface area contributed by atoms with Gasteiger partial charge in [-0.15, -0.1) is 0 Å². The number of carbonyl (C=O) groups is 2. The van der Waals surface area contributed by atoms with Crippen LogP contribution < -0.4 is 0 Å². The molecule has 1 aliphatic rings. The number of aromatic nitrogens is 2. The summed E-state index contributed by atoms with van der Waals surface area (Å²) in [6, 6.07) is 7.09. The van der Waals surface area contributed by atoms with Gasteiger partial charge in [-0.25, -0.2) is 4.79 Å². The molecule has 2 heterocycles. The number of esters is 1. The molecule has 2 aromatic rings. The third-order valence-electron chi connectivity index (χ3n) is 4.05. The number of hydrogen-bond donors (Lipinski definition) is 0. The predicted molar refractivity (Wildman–Crippen MR) is 88.7 cm³/mol. The predicted octanol–water partition coefficient (Wildman–Crippen LogP) is 2.20. The van der Waals surface area contributed by atoms with Crippen LogP contribution in [0.1, 0.15) is 28.5 Å². The molecule has 0 fully saturated rings. The summed E-state index contributed by atoms with van der Waals surface area (Å²) in [5.41, 5.74) is 2.21. The zero-order valence-electron chi connectivity index (χ0n) is 13.5. The van der Waals surface area contributed by atoms with E-state index in [1.807, 2.05) is 24.3 Å². The van der Waals surface area contributed by atoms with Crippen molar-refractivity contribution in [2.75, 3.05) is 6.61 Å². The number of ether oxygens (including phenoxy) is 1. The molecule has 126 valence electrons. The smallest absolute Gasteiger partial charge is 0.329 e. The molecule has 1 unspecified atom stereocenters. The van der Waals surface area contributed by atoms with Crippen molar-refractivity contribution in [3.63, 3.8) is 0 Å². The first-order chi connectivity index (χ1) is 11.5. The Kier molecular flexibility index (Phi) is 4.57. The molecule has 0 saturated heterocycles. The quantitative estimate of drug-likeness (QED) is 0.798. The maximum Gasteiger partial charge on any atom is 0.329 e. The summed E-state index contributed by atoms with van der Waals surface area (Å²) in [7, 11) is 1.69. The normalized spacial score (nSPS) is 16.6.